The number of rotatable bonds is 4. The van der Waals surface area contributed by atoms with Crippen molar-refractivity contribution in [2.75, 3.05) is 0 Å². The third kappa shape index (κ3) is 3.70. The molecule has 3 heterocycles. The quantitative estimate of drug-likeness (QED) is 0.415. The molecule has 0 atom stereocenters. The zero-order valence-electron chi connectivity index (χ0n) is 14.0. The minimum atomic E-state index is -0.256. The molecule has 0 N–H and O–H groups in total. The smallest absolute Gasteiger partial charge is 0.140 e. The van der Waals surface area contributed by atoms with E-state index in [-0.39, 0.29) is 5.82 Å². The molecule has 0 aliphatic rings. The molecule has 0 saturated carbocycles. The van der Waals surface area contributed by atoms with Gasteiger partial charge in [0.05, 0.1) is 10.0 Å². The van der Waals surface area contributed by atoms with E-state index in [4.69, 9.17) is 23.2 Å². The van der Waals surface area contributed by atoms with Crippen LogP contribution in [-0.2, 0) is 6.54 Å². The molecule has 0 amide bonds. The Bertz CT molecular complexity index is 1120. The summed E-state index contributed by atoms with van der Waals surface area (Å²) in [5.41, 5.74) is 3.14. The molecule has 4 rings (SSSR count). The van der Waals surface area contributed by atoms with Crippen LogP contribution < -0.4 is 0 Å². The van der Waals surface area contributed by atoms with E-state index in [0.29, 0.717) is 22.3 Å². The first-order chi connectivity index (χ1) is 13.1. The van der Waals surface area contributed by atoms with E-state index in [1.807, 2.05) is 22.9 Å². The van der Waals surface area contributed by atoms with Crippen LogP contribution in [0, 0.1) is 5.82 Å². The summed E-state index contributed by atoms with van der Waals surface area (Å²) < 4.78 is 15.1. The molecule has 7 heteroatoms. The highest BCUT2D eigenvalue weighted by Crippen LogP contribution is 2.31. The molecular formula is C20H13Cl2FN4. The number of nitrogens with zero attached hydrogens (tertiary/aromatic N) is 4. The first-order valence-corrected chi connectivity index (χ1v) is 8.89. The van der Waals surface area contributed by atoms with Gasteiger partial charge in [0.2, 0.25) is 0 Å². The van der Waals surface area contributed by atoms with Gasteiger partial charge in [0, 0.05) is 48.5 Å². The predicted octanol–water partition coefficient (Wildman–Crippen LogP) is 5.68. The molecule has 27 heavy (non-hydrogen) atoms. The molecule has 134 valence electrons. The highest BCUT2D eigenvalue weighted by Gasteiger charge is 2.10. The fourth-order valence-corrected chi connectivity index (χ4v) is 3.28. The molecule has 0 fully saturated rings. The van der Waals surface area contributed by atoms with Gasteiger partial charge in [-0.2, -0.15) is 0 Å². The summed E-state index contributed by atoms with van der Waals surface area (Å²) in [5, 5.41) is 1.71. The van der Waals surface area contributed by atoms with Crippen molar-refractivity contribution < 1.29 is 4.39 Å². The summed E-state index contributed by atoms with van der Waals surface area (Å²) in [6.07, 6.45) is 8.39. The number of halogens is 3. The maximum atomic E-state index is 13.1. The lowest BCUT2D eigenvalue weighted by atomic mass is 10.2. The van der Waals surface area contributed by atoms with Crippen LogP contribution in [0.3, 0.4) is 0 Å². The maximum absolute atomic E-state index is 13.1. The molecule has 0 bridgehead atoms. The van der Waals surface area contributed by atoms with Crippen LogP contribution >= 0.6 is 23.2 Å². The number of fused-ring (bicyclic) bond motifs is 1. The Balaban J connectivity index is 1.73. The topological polar surface area (TPSA) is 43.1 Å². The summed E-state index contributed by atoms with van der Waals surface area (Å²) in [5.74, 6) is -0.256. The fourth-order valence-electron chi connectivity index (χ4n) is 2.82. The fraction of sp³-hybridized carbons (Fsp3) is 0.0500. The summed E-state index contributed by atoms with van der Waals surface area (Å²) in [6.45, 7) is 0.568. The van der Waals surface area contributed by atoms with Crippen LogP contribution in [0.4, 0.5) is 10.1 Å². The summed E-state index contributed by atoms with van der Waals surface area (Å²) in [6, 6.07) is 10.3. The van der Waals surface area contributed by atoms with Gasteiger partial charge in [0.25, 0.3) is 0 Å². The minimum absolute atomic E-state index is 0.256. The van der Waals surface area contributed by atoms with Crippen LogP contribution in [0.15, 0.2) is 66.2 Å². The van der Waals surface area contributed by atoms with Crippen molar-refractivity contribution in [1.82, 2.24) is 14.5 Å². The van der Waals surface area contributed by atoms with Gasteiger partial charge in [0.1, 0.15) is 17.2 Å². The normalized spacial score (nSPS) is 11.5. The summed E-state index contributed by atoms with van der Waals surface area (Å²) in [7, 11) is 0. The van der Waals surface area contributed by atoms with E-state index in [2.05, 4.69) is 15.0 Å². The van der Waals surface area contributed by atoms with E-state index in [9.17, 15) is 4.39 Å². The van der Waals surface area contributed by atoms with E-state index in [0.717, 1.165) is 22.2 Å². The lowest BCUT2D eigenvalue weighted by Gasteiger charge is -2.04. The van der Waals surface area contributed by atoms with Gasteiger partial charge in [-0.3, -0.25) is 9.98 Å². The van der Waals surface area contributed by atoms with Crippen molar-refractivity contribution in [3.05, 3.63) is 88.2 Å². The van der Waals surface area contributed by atoms with Crippen LogP contribution in [0.25, 0.3) is 11.0 Å². The molecule has 3 aromatic heterocycles. The van der Waals surface area contributed by atoms with Crippen molar-refractivity contribution in [2.24, 2.45) is 4.99 Å². The lowest BCUT2D eigenvalue weighted by molar-refractivity contribution is 0.626. The Morgan fingerprint density at radius 2 is 1.81 bits per heavy atom. The number of benzene rings is 1. The number of hydrogen-bond donors (Lipinski definition) is 0. The monoisotopic (exact) mass is 398 g/mol. The van der Waals surface area contributed by atoms with Crippen molar-refractivity contribution in [1.29, 1.82) is 0 Å². The highest BCUT2D eigenvalue weighted by atomic mass is 35.5. The second kappa shape index (κ2) is 7.47. The van der Waals surface area contributed by atoms with Gasteiger partial charge in [0.15, 0.2) is 0 Å². The van der Waals surface area contributed by atoms with Gasteiger partial charge >= 0.3 is 0 Å². The molecule has 4 nitrogen and oxygen atoms in total. The second-order valence-electron chi connectivity index (χ2n) is 5.92. The summed E-state index contributed by atoms with van der Waals surface area (Å²) in [4.78, 5) is 12.8. The van der Waals surface area contributed by atoms with E-state index < -0.39 is 0 Å². The third-order valence-corrected chi connectivity index (χ3v) is 4.64. The standard InChI is InChI=1S/C20H13Cl2FN4/c21-17-9-24-10-18(22)19(17)26-8-14-12-27(20-16(14)2-1-7-25-20)11-13-3-5-15(23)6-4-13/h1-10,12H,11H2. The Labute approximate surface area is 164 Å². The van der Waals surface area contributed by atoms with Gasteiger partial charge < -0.3 is 4.57 Å². The zero-order chi connectivity index (χ0) is 18.8. The predicted molar refractivity (Wildman–Crippen MR) is 107 cm³/mol. The van der Waals surface area contributed by atoms with Crippen LogP contribution in [0.1, 0.15) is 11.1 Å². The molecule has 0 spiro atoms. The average molecular weight is 399 g/mol. The number of pyridine rings is 2. The van der Waals surface area contributed by atoms with E-state index in [1.165, 1.54) is 24.5 Å². The van der Waals surface area contributed by atoms with Crippen LogP contribution in [0.2, 0.25) is 10.0 Å². The number of aromatic nitrogens is 3. The van der Waals surface area contributed by atoms with E-state index >= 15 is 0 Å². The van der Waals surface area contributed by atoms with Crippen LogP contribution in [0.5, 0.6) is 0 Å². The van der Waals surface area contributed by atoms with Gasteiger partial charge in [-0.15, -0.1) is 0 Å². The van der Waals surface area contributed by atoms with Crippen molar-refractivity contribution in [3.8, 4) is 0 Å². The minimum Gasteiger partial charge on any atom is -0.327 e. The Kier molecular flexibility index (Phi) is 4.88. The van der Waals surface area contributed by atoms with Crippen molar-refractivity contribution in [2.45, 2.75) is 6.54 Å². The first kappa shape index (κ1) is 17.6. The summed E-state index contributed by atoms with van der Waals surface area (Å²) >= 11 is 12.3. The Morgan fingerprint density at radius 3 is 2.56 bits per heavy atom. The van der Waals surface area contributed by atoms with Gasteiger partial charge in [-0.1, -0.05) is 35.3 Å². The molecule has 0 aliphatic carbocycles. The van der Waals surface area contributed by atoms with Crippen LogP contribution in [-0.4, -0.2) is 20.7 Å². The Morgan fingerprint density at radius 1 is 1.07 bits per heavy atom. The molecule has 0 unspecified atom stereocenters. The van der Waals surface area contributed by atoms with Gasteiger partial charge in [-0.25, -0.2) is 9.37 Å². The molecular weight excluding hydrogens is 386 g/mol. The average Bonchev–Trinajstić information content (AvgIpc) is 3.01. The van der Waals surface area contributed by atoms with Crippen molar-refractivity contribution in [3.63, 3.8) is 0 Å². The van der Waals surface area contributed by atoms with Crippen molar-refractivity contribution >= 4 is 46.1 Å². The molecule has 4 aromatic rings. The van der Waals surface area contributed by atoms with E-state index in [1.54, 1.807) is 24.5 Å². The highest BCUT2D eigenvalue weighted by molar-refractivity contribution is 6.38. The zero-order valence-corrected chi connectivity index (χ0v) is 15.5. The lowest BCUT2D eigenvalue weighted by Crippen LogP contribution is -1.99. The van der Waals surface area contributed by atoms with Gasteiger partial charge in [-0.05, 0) is 29.8 Å². The largest absolute Gasteiger partial charge is 0.327 e. The number of aliphatic imine (C=N–C) groups is 1. The maximum Gasteiger partial charge on any atom is 0.140 e. The SMILES string of the molecule is Fc1ccc(Cn2cc(C=Nc3c(Cl)cncc3Cl)c3cccnc32)cc1. The third-order valence-electron chi connectivity index (χ3n) is 4.09. The second-order valence-corrected chi connectivity index (χ2v) is 6.74. The Hall–Kier alpha value is -2.76. The molecule has 0 aliphatic heterocycles. The number of hydrogen-bond acceptors (Lipinski definition) is 3. The molecule has 0 saturated heterocycles. The molecule has 0 radical (unpaired) electrons. The molecule has 1 aromatic carbocycles. The first-order valence-electron chi connectivity index (χ1n) is 8.13.